The second kappa shape index (κ2) is 10.6. The smallest absolute Gasteiger partial charge is 0.217 e. The highest BCUT2D eigenvalue weighted by atomic mass is 79.9. The van der Waals surface area contributed by atoms with Gasteiger partial charge in [-0.15, -0.1) is 0 Å². The van der Waals surface area contributed by atoms with Gasteiger partial charge < -0.3 is 14.7 Å². The Morgan fingerprint density at radius 3 is 2.54 bits per heavy atom. The standard InChI is InChI=1S/C32H31BrN2O2/c1-35(2)19-18-32(36,28-15-9-13-22-10-7-8-14-26(22)28)30(23-11-5-4-6-12-23)27-21-24-20-25(33)16-17-29(24)34-31(27)37-3/h4-17,20-21,30,36H,18-19H2,1-3H3/t30-,32?/m1/s1/i1D3,2D3,3D3. The minimum absolute atomic E-state index is 0.220. The van der Waals surface area contributed by atoms with Gasteiger partial charge in [-0.25, -0.2) is 4.98 Å². The number of aromatic nitrogens is 1. The molecule has 2 atom stereocenters. The van der Waals surface area contributed by atoms with E-state index in [2.05, 4.69) is 20.9 Å². The Kier molecular flexibility index (Phi) is 4.75. The molecule has 5 rings (SSSR count). The molecule has 5 heteroatoms. The molecule has 0 aliphatic rings. The van der Waals surface area contributed by atoms with Crippen LogP contribution in [0.2, 0.25) is 0 Å². The Hall–Kier alpha value is -3.25. The summed E-state index contributed by atoms with van der Waals surface area (Å²) in [7, 11) is -2.90. The summed E-state index contributed by atoms with van der Waals surface area (Å²) < 4.78 is 77.9. The molecule has 188 valence electrons. The average molecular weight is 565 g/mol. The van der Waals surface area contributed by atoms with Gasteiger partial charge in [0.25, 0.3) is 0 Å². The van der Waals surface area contributed by atoms with E-state index in [4.69, 9.17) is 17.1 Å². The lowest BCUT2D eigenvalue weighted by Crippen LogP contribution is -2.38. The van der Waals surface area contributed by atoms with E-state index < -0.39 is 39.1 Å². The second-order valence-corrected chi connectivity index (χ2v) is 9.93. The van der Waals surface area contributed by atoms with Crippen molar-refractivity contribution in [2.24, 2.45) is 0 Å². The van der Waals surface area contributed by atoms with Crippen LogP contribution in [0.5, 0.6) is 5.88 Å². The Balaban J connectivity index is 1.86. The molecule has 1 unspecified atom stereocenters. The highest BCUT2D eigenvalue weighted by Crippen LogP contribution is 2.49. The number of hydrogen-bond acceptors (Lipinski definition) is 4. The molecule has 37 heavy (non-hydrogen) atoms. The van der Waals surface area contributed by atoms with E-state index in [0.717, 1.165) is 9.86 Å². The summed E-state index contributed by atoms with van der Waals surface area (Å²) in [5.74, 6) is -1.35. The highest BCUT2D eigenvalue weighted by molar-refractivity contribution is 9.10. The molecular weight excluding hydrogens is 524 g/mol. The van der Waals surface area contributed by atoms with Gasteiger partial charge in [-0.1, -0.05) is 88.7 Å². The first kappa shape index (κ1) is 16.6. The van der Waals surface area contributed by atoms with E-state index in [0.29, 0.717) is 32.3 Å². The van der Waals surface area contributed by atoms with Gasteiger partial charge in [0.05, 0.1) is 16.7 Å². The number of methoxy groups -OCH3 is 1. The van der Waals surface area contributed by atoms with Gasteiger partial charge in [-0.3, -0.25) is 0 Å². The van der Waals surface area contributed by atoms with Gasteiger partial charge in [0.1, 0.15) is 5.60 Å². The van der Waals surface area contributed by atoms with Crippen molar-refractivity contribution in [3.05, 3.63) is 118 Å². The fourth-order valence-corrected chi connectivity index (χ4v) is 5.49. The van der Waals surface area contributed by atoms with Crippen LogP contribution in [-0.2, 0) is 5.60 Å². The van der Waals surface area contributed by atoms with Crippen LogP contribution in [0.1, 0.15) is 41.4 Å². The number of fused-ring (bicyclic) bond motifs is 2. The monoisotopic (exact) mass is 563 g/mol. The molecule has 5 aromatic rings. The molecule has 0 amide bonds. The predicted molar refractivity (Wildman–Crippen MR) is 155 cm³/mol. The summed E-state index contributed by atoms with van der Waals surface area (Å²) >= 11 is 3.48. The minimum atomic E-state index is -3.00. The number of pyridine rings is 1. The first-order valence-corrected chi connectivity index (χ1v) is 12.6. The van der Waals surface area contributed by atoms with Gasteiger partial charge in [0.15, 0.2) is 0 Å². The van der Waals surface area contributed by atoms with Crippen molar-refractivity contribution in [2.75, 3.05) is 27.5 Å². The fraction of sp³-hybridized carbons (Fsp3) is 0.219. The SMILES string of the molecule is [2H]C([2H])([2H])Oc1nc2ccc(Br)cc2cc1[C@@H](c1ccccc1)C(O)(CCN(C([2H])([2H])[2H])C([2H])([2H])[2H])c1cccc2ccccc12. The predicted octanol–water partition coefficient (Wildman–Crippen LogP) is 7.13. The first-order valence-electron chi connectivity index (χ1n) is 16.3. The maximum absolute atomic E-state index is 13.2. The lowest BCUT2D eigenvalue weighted by atomic mass is 9.70. The van der Waals surface area contributed by atoms with Crippen LogP contribution >= 0.6 is 15.9 Å². The molecule has 0 saturated heterocycles. The molecule has 4 nitrogen and oxygen atoms in total. The second-order valence-electron chi connectivity index (χ2n) is 9.02. The molecule has 1 N–H and O–H groups in total. The largest absolute Gasteiger partial charge is 0.481 e. The zero-order valence-electron chi connectivity index (χ0n) is 28.9. The summed E-state index contributed by atoms with van der Waals surface area (Å²) in [5.41, 5.74) is -0.422. The number of ether oxygens (including phenoxy) is 1. The van der Waals surface area contributed by atoms with Crippen molar-refractivity contribution in [3.8, 4) is 5.88 Å². The third-order valence-electron chi connectivity index (χ3n) is 6.76. The number of nitrogens with zero attached hydrogens (tertiary/aromatic N) is 2. The van der Waals surface area contributed by atoms with Gasteiger partial charge in [0, 0.05) is 36.1 Å². The fourth-order valence-electron chi connectivity index (χ4n) is 5.11. The van der Waals surface area contributed by atoms with E-state index in [1.165, 1.54) is 0 Å². The molecule has 0 fully saturated rings. The molecule has 4 aromatic carbocycles. The molecule has 0 aliphatic carbocycles. The van der Waals surface area contributed by atoms with Gasteiger partial charge >= 0.3 is 0 Å². The van der Waals surface area contributed by atoms with Gasteiger partial charge in [-0.05, 0) is 66.5 Å². The molecule has 0 radical (unpaired) electrons. The number of hydrogen-bond donors (Lipinski definition) is 1. The van der Waals surface area contributed by atoms with Crippen LogP contribution in [-0.4, -0.2) is 42.5 Å². The minimum Gasteiger partial charge on any atom is -0.481 e. The number of halogens is 1. The number of aliphatic hydroxyl groups is 1. The summed E-state index contributed by atoms with van der Waals surface area (Å²) in [4.78, 5) is 5.00. The maximum atomic E-state index is 13.2. The van der Waals surface area contributed by atoms with Crippen LogP contribution in [0.15, 0.2) is 102 Å². The zero-order chi connectivity index (χ0) is 33.5. The van der Waals surface area contributed by atoms with Crippen molar-refractivity contribution in [1.29, 1.82) is 0 Å². The Labute approximate surface area is 239 Å². The van der Waals surface area contributed by atoms with Crippen molar-refractivity contribution >= 4 is 37.6 Å². The highest BCUT2D eigenvalue weighted by Gasteiger charge is 2.43. The summed E-state index contributed by atoms with van der Waals surface area (Å²) in [6.07, 6.45) is -0.374. The summed E-state index contributed by atoms with van der Waals surface area (Å²) in [5, 5.41) is 15.3. The summed E-state index contributed by atoms with van der Waals surface area (Å²) in [6.45, 7) is -6.56. The van der Waals surface area contributed by atoms with Crippen molar-refractivity contribution < 1.29 is 22.2 Å². The van der Waals surface area contributed by atoms with Crippen LogP contribution < -0.4 is 4.74 Å². The van der Waals surface area contributed by atoms with E-state index in [9.17, 15) is 5.11 Å². The normalized spacial score (nSPS) is 18.7. The molecule has 0 aliphatic heterocycles. The third-order valence-corrected chi connectivity index (χ3v) is 7.25. The maximum Gasteiger partial charge on any atom is 0.217 e. The van der Waals surface area contributed by atoms with Crippen molar-refractivity contribution in [1.82, 2.24) is 9.88 Å². The lowest BCUT2D eigenvalue weighted by molar-refractivity contribution is 0.00520. The lowest BCUT2D eigenvalue weighted by Gasteiger charge is -2.39. The van der Waals surface area contributed by atoms with Gasteiger partial charge in [0.2, 0.25) is 5.88 Å². The Morgan fingerprint density at radius 1 is 0.946 bits per heavy atom. The Morgan fingerprint density at radius 2 is 1.73 bits per heavy atom. The summed E-state index contributed by atoms with van der Waals surface area (Å²) in [6, 6.07) is 28.5. The molecule has 0 saturated carbocycles. The van der Waals surface area contributed by atoms with Crippen LogP contribution in [0.4, 0.5) is 0 Å². The number of benzene rings is 4. The van der Waals surface area contributed by atoms with Gasteiger partial charge in [-0.2, -0.15) is 0 Å². The molecule has 1 aromatic heterocycles. The van der Waals surface area contributed by atoms with Crippen molar-refractivity contribution in [3.63, 3.8) is 0 Å². The molecular formula is C32H31BrN2O2. The first-order chi connectivity index (χ1) is 21.5. The Bertz CT molecular complexity index is 1830. The van der Waals surface area contributed by atoms with Crippen LogP contribution in [0, 0.1) is 0 Å². The van der Waals surface area contributed by atoms with E-state index in [-0.39, 0.29) is 17.9 Å². The van der Waals surface area contributed by atoms with E-state index in [1.54, 1.807) is 72.8 Å². The molecule has 0 spiro atoms. The topological polar surface area (TPSA) is 45.6 Å². The zero-order valence-corrected chi connectivity index (χ0v) is 21.4. The van der Waals surface area contributed by atoms with E-state index in [1.807, 2.05) is 24.3 Å². The number of rotatable bonds is 8. The van der Waals surface area contributed by atoms with Crippen molar-refractivity contribution in [2.45, 2.75) is 17.9 Å². The molecule has 1 heterocycles. The molecule has 0 bridgehead atoms. The van der Waals surface area contributed by atoms with Crippen LogP contribution in [0.3, 0.4) is 0 Å². The third kappa shape index (κ3) is 4.99. The van der Waals surface area contributed by atoms with Crippen LogP contribution in [0.25, 0.3) is 21.7 Å². The average Bonchev–Trinajstić information content (AvgIpc) is 2.96. The van der Waals surface area contributed by atoms with E-state index >= 15 is 0 Å². The quantitative estimate of drug-likeness (QED) is 0.218.